The second-order valence-corrected chi connectivity index (χ2v) is 10.7. The molecule has 0 fully saturated rings. The summed E-state index contributed by atoms with van der Waals surface area (Å²) in [6.07, 6.45) is 2.08. The van der Waals surface area contributed by atoms with Crippen LogP contribution in [0, 0.1) is 0 Å². The van der Waals surface area contributed by atoms with Crippen LogP contribution in [-0.4, -0.2) is 29.3 Å². The van der Waals surface area contributed by atoms with Gasteiger partial charge < -0.3 is 5.73 Å². The second-order valence-electron chi connectivity index (χ2n) is 5.90. The van der Waals surface area contributed by atoms with Crippen LogP contribution in [0.1, 0.15) is 37.1 Å². The SMILES string of the molecule is CS(=O)(=O)Cl.C[C@H](N)c1ccccc1.C[C@H](NS(C)(=O)=O)c1ccccc1. The van der Waals surface area contributed by atoms with Crippen molar-refractivity contribution in [1.82, 2.24) is 4.72 Å². The van der Waals surface area contributed by atoms with E-state index in [1.54, 1.807) is 0 Å². The fourth-order valence-electron chi connectivity index (χ4n) is 1.89. The van der Waals surface area contributed by atoms with Gasteiger partial charge in [0.15, 0.2) is 0 Å². The summed E-state index contributed by atoms with van der Waals surface area (Å²) in [4.78, 5) is 0. The number of halogens is 1. The van der Waals surface area contributed by atoms with E-state index in [1.165, 1.54) is 5.56 Å². The maximum absolute atomic E-state index is 10.9. The highest BCUT2D eigenvalue weighted by Crippen LogP contribution is 2.11. The van der Waals surface area contributed by atoms with Crippen LogP contribution in [0.3, 0.4) is 0 Å². The third kappa shape index (κ3) is 16.4. The Morgan fingerprint density at radius 3 is 1.41 bits per heavy atom. The summed E-state index contributed by atoms with van der Waals surface area (Å²) in [6.45, 7) is 3.80. The molecule has 9 heteroatoms. The van der Waals surface area contributed by atoms with Crippen molar-refractivity contribution in [3.05, 3.63) is 71.8 Å². The van der Waals surface area contributed by atoms with Crippen LogP contribution in [0.4, 0.5) is 0 Å². The van der Waals surface area contributed by atoms with E-state index < -0.39 is 19.1 Å². The zero-order valence-corrected chi connectivity index (χ0v) is 18.2. The van der Waals surface area contributed by atoms with Crippen LogP contribution in [0.2, 0.25) is 0 Å². The van der Waals surface area contributed by atoms with Crippen LogP contribution in [0.5, 0.6) is 0 Å². The molecule has 0 aliphatic rings. The Labute approximate surface area is 167 Å². The predicted octanol–water partition coefficient (Wildman–Crippen LogP) is 3.19. The Morgan fingerprint density at radius 2 is 1.15 bits per heavy atom. The molecule has 0 heterocycles. The maximum Gasteiger partial charge on any atom is 0.229 e. The number of rotatable bonds is 4. The molecule has 2 rings (SSSR count). The van der Waals surface area contributed by atoms with Gasteiger partial charge in [0.05, 0.1) is 12.5 Å². The van der Waals surface area contributed by atoms with Crippen molar-refractivity contribution in [3.63, 3.8) is 0 Å². The number of hydrogen-bond donors (Lipinski definition) is 2. The van der Waals surface area contributed by atoms with E-state index in [-0.39, 0.29) is 12.1 Å². The molecule has 0 bridgehead atoms. The smallest absolute Gasteiger partial charge is 0.229 e. The molecule has 0 amide bonds. The first kappa shape index (κ1) is 25.6. The summed E-state index contributed by atoms with van der Waals surface area (Å²) >= 11 is 0. The lowest BCUT2D eigenvalue weighted by atomic mass is 10.1. The van der Waals surface area contributed by atoms with Crippen molar-refractivity contribution in [1.29, 1.82) is 0 Å². The lowest BCUT2D eigenvalue weighted by molar-refractivity contribution is 0.573. The lowest BCUT2D eigenvalue weighted by Gasteiger charge is -2.11. The first-order valence-electron chi connectivity index (χ1n) is 8.02. The van der Waals surface area contributed by atoms with Gasteiger partial charge in [-0.15, -0.1) is 0 Å². The number of hydrogen-bond acceptors (Lipinski definition) is 5. The minimum Gasteiger partial charge on any atom is -0.324 e. The molecule has 0 spiro atoms. The van der Waals surface area contributed by atoms with Crippen molar-refractivity contribution in [2.24, 2.45) is 5.73 Å². The van der Waals surface area contributed by atoms with Gasteiger partial charge in [0.1, 0.15) is 0 Å². The van der Waals surface area contributed by atoms with Gasteiger partial charge in [-0.25, -0.2) is 21.6 Å². The van der Waals surface area contributed by atoms with Crippen LogP contribution in [0.25, 0.3) is 0 Å². The summed E-state index contributed by atoms with van der Waals surface area (Å²) in [5.74, 6) is 0. The van der Waals surface area contributed by atoms with Crippen molar-refractivity contribution >= 4 is 29.8 Å². The zero-order valence-electron chi connectivity index (χ0n) is 15.8. The molecule has 152 valence electrons. The minimum absolute atomic E-state index is 0.159. The van der Waals surface area contributed by atoms with E-state index in [2.05, 4.69) is 15.4 Å². The third-order valence-corrected chi connectivity index (χ3v) is 3.80. The fraction of sp³-hybridized carbons (Fsp3) is 0.333. The molecule has 0 aliphatic heterocycles. The minimum atomic E-state index is -3.19. The third-order valence-electron chi connectivity index (χ3n) is 3.02. The quantitative estimate of drug-likeness (QED) is 0.718. The molecule has 0 saturated heterocycles. The van der Waals surface area contributed by atoms with Crippen molar-refractivity contribution in [2.75, 3.05) is 12.5 Å². The largest absolute Gasteiger partial charge is 0.324 e. The predicted molar refractivity (Wildman–Crippen MR) is 113 cm³/mol. The summed E-state index contributed by atoms with van der Waals surface area (Å²) in [6, 6.07) is 19.5. The standard InChI is InChI=1S/C9H13NO2S.C8H11N.CH3ClO2S/c1-8(10-13(2,11)12)9-6-4-3-5-7-9;1-7(9)8-5-3-2-4-6-8;1-5(2,3)4/h3-8,10H,1-2H3;2-7H,9H2,1H3;1H3/t8-;7-;/m00./s1. The molecule has 6 nitrogen and oxygen atoms in total. The highest BCUT2D eigenvalue weighted by Gasteiger charge is 2.09. The molecular weight excluding hydrogens is 408 g/mol. The van der Waals surface area contributed by atoms with Crippen LogP contribution >= 0.6 is 10.7 Å². The first-order chi connectivity index (χ1) is 12.3. The van der Waals surface area contributed by atoms with E-state index in [1.807, 2.05) is 74.5 Å². The Kier molecular flexibility index (Phi) is 11.4. The van der Waals surface area contributed by atoms with Crippen molar-refractivity contribution in [3.8, 4) is 0 Å². The van der Waals surface area contributed by atoms with Crippen LogP contribution < -0.4 is 10.5 Å². The Bertz CT molecular complexity index is 849. The number of nitrogens with one attached hydrogen (secondary N) is 1. The van der Waals surface area contributed by atoms with E-state index in [0.29, 0.717) is 0 Å². The van der Waals surface area contributed by atoms with Gasteiger partial charge in [0.2, 0.25) is 19.1 Å². The van der Waals surface area contributed by atoms with E-state index in [9.17, 15) is 16.8 Å². The first-order valence-corrected chi connectivity index (χ1v) is 12.6. The van der Waals surface area contributed by atoms with Gasteiger partial charge in [0, 0.05) is 22.8 Å². The molecule has 27 heavy (non-hydrogen) atoms. The summed E-state index contributed by atoms with van der Waals surface area (Å²) < 4.78 is 43.1. The maximum atomic E-state index is 10.9. The molecule has 0 saturated carbocycles. The molecule has 0 aliphatic carbocycles. The Hall–Kier alpha value is -1.45. The molecule has 2 atom stereocenters. The number of benzene rings is 2. The molecule has 0 aromatic heterocycles. The summed E-state index contributed by atoms with van der Waals surface area (Å²) in [5.41, 5.74) is 7.77. The van der Waals surface area contributed by atoms with E-state index in [0.717, 1.165) is 18.1 Å². The topological polar surface area (TPSA) is 106 Å². The van der Waals surface area contributed by atoms with Gasteiger partial charge in [-0.3, -0.25) is 0 Å². The van der Waals surface area contributed by atoms with Crippen molar-refractivity contribution in [2.45, 2.75) is 25.9 Å². The van der Waals surface area contributed by atoms with Crippen LogP contribution in [-0.2, 0) is 19.1 Å². The van der Waals surface area contributed by atoms with Gasteiger partial charge >= 0.3 is 0 Å². The zero-order chi connectivity index (χ0) is 21.1. The fourth-order valence-corrected chi connectivity index (χ4v) is 2.67. The number of nitrogens with two attached hydrogens (primary N) is 1. The molecule has 0 unspecified atom stereocenters. The average molecular weight is 435 g/mol. The van der Waals surface area contributed by atoms with Gasteiger partial charge in [0.25, 0.3) is 0 Å². The number of sulfonamides is 1. The average Bonchev–Trinajstić information content (AvgIpc) is 2.54. The monoisotopic (exact) mass is 434 g/mol. The van der Waals surface area contributed by atoms with Crippen LogP contribution in [0.15, 0.2) is 60.7 Å². The highest BCUT2D eigenvalue weighted by atomic mass is 35.7. The van der Waals surface area contributed by atoms with E-state index in [4.69, 9.17) is 5.73 Å². The molecule has 3 N–H and O–H groups in total. The Morgan fingerprint density at radius 1 is 0.815 bits per heavy atom. The van der Waals surface area contributed by atoms with Gasteiger partial charge in [-0.1, -0.05) is 60.7 Å². The molecule has 2 aromatic carbocycles. The summed E-state index contributed by atoms with van der Waals surface area (Å²) in [7, 11) is -1.81. The summed E-state index contributed by atoms with van der Waals surface area (Å²) in [5, 5.41) is 0. The van der Waals surface area contributed by atoms with E-state index >= 15 is 0 Å². The van der Waals surface area contributed by atoms with Crippen molar-refractivity contribution < 1.29 is 16.8 Å². The molecule has 0 radical (unpaired) electrons. The molecular formula is C18H27ClN2O4S2. The van der Waals surface area contributed by atoms with Gasteiger partial charge in [-0.05, 0) is 25.0 Å². The second kappa shape index (κ2) is 12.1. The Balaban J connectivity index is 0.000000419. The lowest BCUT2D eigenvalue weighted by Crippen LogP contribution is -2.25. The highest BCUT2D eigenvalue weighted by molar-refractivity contribution is 8.13. The molecule has 2 aromatic rings. The van der Waals surface area contributed by atoms with Gasteiger partial charge in [-0.2, -0.15) is 0 Å². The normalized spacial score (nSPS) is 13.3.